The topological polar surface area (TPSA) is 49.4 Å². The zero-order valence-electron chi connectivity index (χ0n) is 17.1. The van der Waals surface area contributed by atoms with Gasteiger partial charge in [0.1, 0.15) is 17.7 Å². The highest BCUT2D eigenvalue weighted by Crippen LogP contribution is 2.16. The minimum absolute atomic E-state index is 0.0223. The summed E-state index contributed by atoms with van der Waals surface area (Å²) in [6.07, 6.45) is 1.02. The molecule has 0 heterocycles. The van der Waals surface area contributed by atoms with Gasteiger partial charge in [0.15, 0.2) is 0 Å². The van der Waals surface area contributed by atoms with Crippen LogP contribution in [0.25, 0.3) is 0 Å². The first-order chi connectivity index (χ1) is 13.8. The van der Waals surface area contributed by atoms with Crippen molar-refractivity contribution in [2.45, 2.75) is 58.7 Å². The monoisotopic (exact) mass is 402 g/mol. The van der Waals surface area contributed by atoms with Gasteiger partial charge in [-0.3, -0.25) is 9.59 Å². The quantitative estimate of drug-likeness (QED) is 0.682. The van der Waals surface area contributed by atoms with Crippen LogP contribution in [0.3, 0.4) is 0 Å². The average molecular weight is 402 g/mol. The number of carbonyl (C=O) groups is 2. The summed E-state index contributed by atoms with van der Waals surface area (Å²) in [4.78, 5) is 27.4. The number of carbonyl (C=O) groups excluding carboxylic acids is 2. The van der Waals surface area contributed by atoms with Gasteiger partial charge in [-0.05, 0) is 49.1 Å². The van der Waals surface area contributed by atoms with Gasteiger partial charge in [-0.2, -0.15) is 0 Å². The van der Waals surface area contributed by atoms with E-state index in [1.54, 1.807) is 30.3 Å². The lowest BCUT2D eigenvalue weighted by molar-refractivity contribution is -0.141. The Labute approximate surface area is 170 Å². The van der Waals surface area contributed by atoms with Crippen molar-refractivity contribution in [3.8, 4) is 0 Å². The maximum atomic E-state index is 14.1. The molecule has 6 heteroatoms. The van der Waals surface area contributed by atoms with Crippen LogP contribution in [0, 0.1) is 11.6 Å². The summed E-state index contributed by atoms with van der Waals surface area (Å²) >= 11 is 0. The zero-order chi connectivity index (χ0) is 21.4. The summed E-state index contributed by atoms with van der Waals surface area (Å²) in [5, 5.41) is 2.92. The molecule has 4 nitrogen and oxygen atoms in total. The molecular weight excluding hydrogens is 374 g/mol. The fraction of sp³-hybridized carbons (Fsp3) is 0.391. The number of amides is 2. The van der Waals surface area contributed by atoms with Crippen LogP contribution in [-0.4, -0.2) is 28.8 Å². The van der Waals surface area contributed by atoms with Gasteiger partial charge in [-0.1, -0.05) is 44.2 Å². The molecule has 2 unspecified atom stereocenters. The summed E-state index contributed by atoms with van der Waals surface area (Å²) in [6, 6.07) is 11.2. The molecule has 29 heavy (non-hydrogen) atoms. The third-order valence-corrected chi connectivity index (χ3v) is 4.95. The van der Waals surface area contributed by atoms with E-state index in [1.165, 1.54) is 23.1 Å². The first kappa shape index (κ1) is 22.5. The molecule has 0 radical (unpaired) electrons. The van der Waals surface area contributed by atoms with Crippen molar-refractivity contribution in [2.24, 2.45) is 0 Å². The lowest BCUT2D eigenvalue weighted by atomic mass is 10.1. The summed E-state index contributed by atoms with van der Waals surface area (Å²) in [5.74, 6) is -1.43. The highest BCUT2D eigenvalue weighted by Gasteiger charge is 2.29. The van der Waals surface area contributed by atoms with Crippen LogP contribution in [0.5, 0.6) is 0 Å². The van der Waals surface area contributed by atoms with E-state index in [1.807, 2.05) is 20.8 Å². The second-order valence-electron chi connectivity index (χ2n) is 7.16. The first-order valence-corrected chi connectivity index (χ1v) is 9.93. The largest absolute Gasteiger partial charge is 0.352 e. The average Bonchev–Trinajstić information content (AvgIpc) is 2.70. The molecule has 1 N–H and O–H groups in total. The Bertz CT molecular complexity index is 824. The van der Waals surface area contributed by atoms with Gasteiger partial charge in [0, 0.05) is 12.6 Å². The maximum absolute atomic E-state index is 14.1. The van der Waals surface area contributed by atoms with Crippen molar-refractivity contribution in [1.29, 1.82) is 0 Å². The Morgan fingerprint density at radius 1 is 1.00 bits per heavy atom. The van der Waals surface area contributed by atoms with E-state index in [4.69, 9.17) is 0 Å². The zero-order valence-corrected chi connectivity index (χ0v) is 17.1. The van der Waals surface area contributed by atoms with E-state index in [0.29, 0.717) is 12.0 Å². The molecule has 2 amide bonds. The van der Waals surface area contributed by atoms with Gasteiger partial charge in [0.25, 0.3) is 0 Å². The number of rotatable bonds is 9. The van der Waals surface area contributed by atoms with Crippen LogP contribution in [0.4, 0.5) is 8.78 Å². The van der Waals surface area contributed by atoms with Crippen molar-refractivity contribution in [2.75, 3.05) is 0 Å². The predicted octanol–water partition coefficient (Wildman–Crippen LogP) is 4.23. The van der Waals surface area contributed by atoms with Crippen LogP contribution < -0.4 is 5.32 Å². The SMILES string of the molecule is CCC(C)NC(=O)C(CC)N(Cc1ccc(F)cc1)C(=O)Cc1ccccc1F. The molecule has 0 aliphatic carbocycles. The molecule has 0 saturated heterocycles. The Morgan fingerprint density at radius 2 is 1.66 bits per heavy atom. The Kier molecular flexibility index (Phi) is 8.31. The van der Waals surface area contributed by atoms with Gasteiger partial charge < -0.3 is 10.2 Å². The smallest absolute Gasteiger partial charge is 0.243 e. The minimum Gasteiger partial charge on any atom is -0.352 e. The molecule has 0 bridgehead atoms. The molecule has 0 aliphatic heterocycles. The van der Waals surface area contributed by atoms with Gasteiger partial charge in [0.05, 0.1) is 6.42 Å². The number of benzene rings is 2. The summed E-state index contributed by atoms with van der Waals surface area (Å²) in [5.41, 5.74) is 0.974. The van der Waals surface area contributed by atoms with E-state index < -0.39 is 11.9 Å². The Balaban J connectivity index is 2.29. The predicted molar refractivity (Wildman–Crippen MR) is 109 cm³/mol. The van der Waals surface area contributed by atoms with Gasteiger partial charge in [-0.25, -0.2) is 8.78 Å². The first-order valence-electron chi connectivity index (χ1n) is 9.93. The molecule has 2 aromatic rings. The fourth-order valence-corrected chi connectivity index (χ4v) is 3.05. The maximum Gasteiger partial charge on any atom is 0.243 e. The number of hydrogen-bond acceptors (Lipinski definition) is 2. The molecule has 0 fully saturated rings. The normalized spacial score (nSPS) is 12.9. The molecule has 0 aliphatic rings. The molecule has 2 atom stereocenters. The van der Waals surface area contributed by atoms with Crippen molar-refractivity contribution >= 4 is 11.8 Å². The Morgan fingerprint density at radius 3 is 2.24 bits per heavy atom. The van der Waals surface area contributed by atoms with E-state index in [-0.39, 0.29) is 42.2 Å². The van der Waals surface area contributed by atoms with E-state index >= 15 is 0 Å². The number of hydrogen-bond donors (Lipinski definition) is 1. The molecule has 0 aromatic heterocycles. The van der Waals surface area contributed by atoms with Crippen molar-refractivity contribution < 1.29 is 18.4 Å². The van der Waals surface area contributed by atoms with Gasteiger partial charge in [0.2, 0.25) is 11.8 Å². The number of nitrogens with zero attached hydrogens (tertiary/aromatic N) is 1. The van der Waals surface area contributed by atoms with Crippen molar-refractivity contribution in [3.63, 3.8) is 0 Å². The summed E-state index contributed by atoms with van der Waals surface area (Å²) in [6.45, 7) is 5.83. The lowest BCUT2D eigenvalue weighted by Gasteiger charge is -2.31. The van der Waals surface area contributed by atoms with Crippen LogP contribution in [-0.2, 0) is 22.6 Å². The summed E-state index contributed by atoms with van der Waals surface area (Å²) < 4.78 is 27.3. The van der Waals surface area contributed by atoms with Crippen LogP contribution in [0.15, 0.2) is 48.5 Å². The van der Waals surface area contributed by atoms with Crippen LogP contribution in [0.2, 0.25) is 0 Å². The molecule has 156 valence electrons. The standard InChI is InChI=1S/C23H28F2N2O2/c1-4-16(3)26-23(29)21(5-2)27(15-17-10-12-19(24)13-11-17)22(28)14-18-8-6-7-9-20(18)25/h6-13,16,21H,4-5,14-15H2,1-3H3,(H,26,29). The van der Waals surface area contributed by atoms with Crippen molar-refractivity contribution in [1.82, 2.24) is 10.2 Å². The van der Waals surface area contributed by atoms with Crippen LogP contribution >= 0.6 is 0 Å². The highest BCUT2D eigenvalue weighted by atomic mass is 19.1. The minimum atomic E-state index is -0.701. The Hall–Kier alpha value is -2.76. The second kappa shape index (κ2) is 10.7. The van der Waals surface area contributed by atoms with E-state index in [9.17, 15) is 18.4 Å². The molecule has 0 saturated carbocycles. The highest BCUT2D eigenvalue weighted by molar-refractivity contribution is 5.88. The number of halogens is 2. The fourth-order valence-electron chi connectivity index (χ4n) is 3.05. The molecular formula is C23H28F2N2O2. The van der Waals surface area contributed by atoms with E-state index in [2.05, 4.69) is 5.32 Å². The lowest BCUT2D eigenvalue weighted by Crippen LogP contribution is -2.51. The summed E-state index contributed by atoms with van der Waals surface area (Å²) in [7, 11) is 0. The molecule has 2 rings (SSSR count). The third kappa shape index (κ3) is 6.38. The van der Waals surface area contributed by atoms with Gasteiger partial charge >= 0.3 is 0 Å². The van der Waals surface area contributed by atoms with Crippen molar-refractivity contribution in [3.05, 3.63) is 71.3 Å². The third-order valence-electron chi connectivity index (χ3n) is 4.95. The van der Waals surface area contributed by atoms with Gasteiger partial charge in [-0.15, -0.1) is 0 Å². The molecule has 0 spiro atoms. The molecule has 2 aromatic carbocycles. The van der Waals surface area contributed by atoms with E-state index in [0.717, 1.165) is 6.42 Å². The second-order valence-corrected chi connectivity index (χ2v) is 7.16. The number of nitrogens with one attached hydrogen (secondary N) is 1. The van der Waals surface area contributed by atoms with Crippen LogP contribution in [0.1, 0.15) is 44.7 Å².